The Kier molecular flexibility index (Phi) is 5.21. The second-order valence-electron chi connectivity index (χ2n) is 4.64. The third-order valence-corrected chi connectivity index (χ3v) is 4.75. The molecular formula is C11H20N6O2S. The zero-order chi connectivity index (χ0) is 14.4. The lowest BCUT2D eigenvalue weighted by Gasteiger charge is -2.34. The minimum atomic E-state index is -3.64. The number of nitrogens with zero attached hydrogens (tertiary/aromatic N) is 4. The van der Waals surface area contributed by atoms with Crippen LogP contribution in [-0.4, -0.2) is 53.6 Å². The Morgan fingerprint density at radius 3 is 2.95 bits per heavy atom. The maximum atomic E-state index is 12.4. The largest absolute Gasteiger partial charge is 0.315 e. The molecule has 9 heteroatoms. The molecular weight excluding hydrogens is 280 g/mol. The minimum absolute atomic E-state index is 0.000254. The van der Waals surface area contributed by atoms with Crippen LogP contribution in [0.3, 0.4) is 0 Å². The molecule has 2 heterocycles. The predicted octanol–water partition coefficient (Wildman–Crippen LogP) is -0.00770. The molecule has 1 unspecified atom stereocenters. The Labute approximate surface area is 119 Å². The van der Waals surface area contributed by atoms with E-state index in [9.17, 15) is 8.42 Å². The SMILES string of the molecule is CCNCC1CCCCN1S(=O)(=O)Nc1nccnn1. The molecule has 1 aromatic rings. The summed E-state index contributed by atoms with van der Waals surface area (Å²) in [5, 5.41) is 10.5. The van der Waals surface area contributed by atoms with E-state index in [0.717, 1.165) is 25.8 Å². The molecule has 0 spiro atoms. The van der Waals surface area contributed by atoms with Gasteiger partial charge in [-0.15, -0.1) is 5.10 Å². The lowest BCUT2D eigenvalue weighted by Crippen LogP contribution is -2.50. The van der Waals surface area contributed by atoms with Gasteiger partial charge in [0.1, 0.15) is 0 Å². The van der Waals surface area contributed by atoms with Crippen molar-refractivity contribution in [3.63, 3.8) is 0 Å². The predicted molar refractivity (Wildman–Crippen MR) is 75.3 cm³/mol. The molecule has 112 valence electrons. The van der Waals surface area contributed by atoms with E-state index in [1.54, 1.807) is 0 Å². The van der Waals surface area contributed by atoms with Crippen molar-refractivity contribution in [1.29, 1.82) is 0 Å². The van der Waals surface area contributed by atoms with Crippen molar-refractivity contribution in [2.45, 2.75) is 32.2 Å². The fourth-order valence-corrected chi connectivity index (χ4v) is 3.66. The molecule has 1 aromatic heterocycles. The molecule has 0 aliphatic carbocycles. The lowest BCUT2D eigenvalue weighted by atomic mass is 10.1. The first kappa shape index (κ1) is 15.1. The lowest BCUT2D eigenvalue weighted by molar-refractivity contribution is 0.248. The summed E-state index contributed by atoms with van der Waals surface area (Å²) >= 11 is 0. The Morgan fingerprint density at radius 1 is 1.40 bits per heavy atom. The van der Waals surface area contributed by atoms with Gasteiger partial charge in [0.05, 0.1) is 12.4 Å². The quantitative estimate of drug-likeness (QED) is 0.766. The van der Waals surface area contributed by atoms with E-state index in [-0.39, 0.29) is 12.0 Å². The monoisotopic (exact) mass is 300 g/mol. The van der Waals surface area contributed by atoms with Gasteiger partial charge in [-0.05, 0) is 19.4 Å². The van der Waals surface area contributed by atoms with Crippen molar-refractivity contribution in [1.82, 2.24) is 24.8 Å². The molecule has 0 amide bonds. The second kappa shape index (κ2) is 6.91. The van der Waals surface area contributed by atoms with Gasteiger partial charge >= 0.3 is 10.2 Å². The number of hydrogen-bond donors (Lipinski definition) is 2. The van der Waals surface area contributed by atoms with Crippen LogP contribution in [0.15, 0.2) is 12.4 Å². The summed E-state index contributed by atoms with van der Waals surface area (Å²) in [6.45, 7) is 4.00. The summed E-state index contributed by atoms with van der Waals surface area (Å²) in [6, 6.07) is -0.0297. The second-order valence-corrected chi connectivity index (χ2v) is 6.26. The Hall–Kier alpha value is -1.32. The van der Waals surface area contributed by atoms with Gasteiger partial charge in [0.2, 0.25) is 0 Å². The summed E-state index contributed by atoms with van der Waals surface area (Å²) in [5.74, 6) is 0.000254. The summed E-state index contributed by atoms with van der Waals surface area (Å²) in [7, 11) is -3.64. The number of piperidine rings is 1. The molecule has 1 saturated heterocycles. The number of nitrogens with one attached hydrogen (secondary N) is 2. The summed E-state index contributed by atoms with van der Waals surface area (Å²) in [6.07, 6.45) is 5.58. The first-order valence-corrected chi connectivity index (χ1v) is 8.21. The average molecular weight is 300 g/mol. The molecule has 1 atom stereocenters. The van der Waals surface area contributed by atoms with Crippen LogP contribution >= 0.6 is 0 Å². The standard InChI is InChI=1S/C11H20N6O2S/c1-2-12-9-10-5-3-4-8-17(10)20(18,19)16-11-13-6-7-14-15-11/h6-7,10,12H,2-5,8-9H2,1H3,(H,13,15,16). The average Bonchev–Trinajstić information content (AvgIpc) is 2.46. The topological polar surface area (TPSA) is 100 Å². The maximum Gasteiger partial charge on any atom is 0.304 e. The maximum absolute atomic E-state index is 12.4. The first-order chi connectivity index (χ1) is 9.63. The van der Waals surface area contributed by atoms with Crippen molar-refractivity contribution < 1.29 is 8.42 Å². The third-order valence-electron chi connectivity index (χ3n) is 3.21. The van der Waals surface area contributed by atoms with Gasteiger partial charge in [0.15, 0.2) is 0 Å². The molecule has 1 aliphatic heterocycles. The van der Waals surface area contributed by atoms with E-state index in [0.29, 0.717) is 13.1 Å². The number of anilines is 1. The number of aromatic nitrogens is 3. The molecule has 0 bridgehead atoms. The van der Waals surface area contributed by atoms with E-state index in [4.69, 9.17) is 0 Å². The summed E-state index contributed by atoms with van der Waals surface area (Å²) in [5.41, 5.74) is 0. The Morgan fingerprint density at radius 2 is 2.25 bits per heavy atom. The molecule has 8 nitrogen and oxygen atoms in total. The molecule has 2 N–H and O–H groups in total. The molecule has 0 radical (unpaired) electrons. The van der Waals surface area contributed by atoms with Gasteiger partial charge in [0.25, 0.3) is 5.95 Å². The Balaban J connectivity index is 2.09. The Bertz CT molecular complexity index is 509. The highest BCUT2D eigenvalue weighted by atomic mass is 32.2. The van der Waals surface area contributed by atoms with Gasteiger partial charge in [-0.2, -0.15) is 17.8 Å². The van der Waals surface area contributed by atoms with Crippen molar-refractivity contribution >= 4 is 16.2 Å². The summed E-state index contributed by atoms with van der Waals surface area (Å²) < 4.78 is 28.7. The van der Waals surface area contributed by atoms with Crippen LogP contribution in [0.4, 0.5) is 5.95 Å². The summed E-state index contributed by atoms with van der Waals surface area (Å²) in [4.78, 5) is 3.84. The van der Waals surface area contributed by atoms with Gasteiger partial charge in [-0.1, -0.05) is 13.3 Å². The molecule has 20 heavy (non-hydrogen) atoms. The van der Waals surface area contributed by atoms with Crippen LogP contribution in [-0.2, 0) is 10.2 Å². The van der Waals surface area contributed by atoms with Crippen LogP contribution in [0.5, 0.6) is 0 Å². The minimum Gasteiger partial charge on any atom is -0.315 e. The molecule has 0 aromatic carbocycles. The van der Waals surface area contributed by atoms with Crippen LogP contribution in [0.2, 0.25) is 0 Å². The van der Waals surface area contributed by atoms with Crippen molar-refractivity contribution in [2.24, 2.45) is 0 Å². The van der Waals surface area contributed by atoms with E-state index in [2.05, 4.69) is 25.2 Å². The van der Waals surface area contributed by atoms with Crippen molar-refractivity contribution in [2.75, 3.05) is 24.4 Å². The number of rotatable bonds is 6. The van der Waals surface area contributed by atoms with E-state index < -0.39 is 10.2 Å². The van der Waals surface area contributed by atoms with Crippen LogP contribution < -0.4 is 10.0 Å². The third kappa shape index (κ3) is 3.84. The van der Waals surface area contributed by atoms with E-state index in [1.807, 2.05) is 6.92 Å². The zero-order valence-corrected chi connectivity index (χ0v) is 12.3. The fourth-order valence-electron chi connectivity index (χ4n) is 2.27. The molecule has 2 rings (SSSR count). The normalized spacial score (nSPS) is 20.8. The van der Waals surface area contributed by atoms with Crippen LogP contribution in [0.25, 0.3) is 0 Å². The molecule has 0 saturated carbocycles. The molecule has 1 aliphatic rings. The highest BCUT2D eigenvalue weighted by Gasteiger charge is 2.32. The van der Waals surface area contributed by atoms with Crippen LogP contribution in [0.1, 0.15) is 26.2 Å². The van der Waals surface area contributed by atoms with E-state index in [1.165, 1.54) is 16.7 Å². The fraction of sp³-hybridized carbons (Fsp3) is 0.727. The number of hydrogen-bond acceptors (Lipinski definition) is 6. The van der Waals surface area contributed by atoms with Crippen molar-refractivity contribution in [3.05, 3.63) is 12.4 Å². The van der Waals surface area contributed by atoms with Gasteiger partial charge < -0.3 is 5.32 Å². The van der Waals surface area contributed by atoms with Gasteiger partial charge in [0, 0.05) is 19.1 Å². The first-order valence-electron chi connectivity index (χ1n) is 6.77. The van der Waals surface area contributed by atoms with Gasteiger partial charge in [-0.3, -0.25) is 0 Å². The highest BCUT2D eigenvalue weighted by Crippen LogP contribution is 2.20. The highest BCUT2D eigenvalue weighted by molar-refractivity contribution is 7.90. The van der Waals surface area contributed by atoms with E-state index >= 15 is 0 Å². The van der Waals surface area contributed by atoms with Crippen molar-refractivity contribution in [3.8, 4) is 0 Å². The number of likely N-dealkylation sites (N-methyl/N-ethyl adjacent to an activating group) is 1. The smallest absolute Gasteiger partial charge is 0.304 e. The van der Waals surface area contributed by atoms with Gasteiger partial charge in [-0.25, -0.2) is 9.71 Å². The zero-order valence-electron chi connectivity index (χ0n) is 11.5. The molecule has 1 fully saturated rings. The van der Waals surface area contributed by atoms with Crippen LogP contribution in [0, 0.1) is 0 Å².